The second-order valence-electron chi connectivity index (χ2n) is 4.40. The molecule has 3 nitrogen and oxygen atoms in total. The van der Waals surface area contributed by atoms with Gasteiger partial charge in [0.1, 0.15) is 11.1 Å². The van der Waals surface area contributed by atoms with E-state index in [1.807, 2.05) is 11.6 Å². The summed E-state index contributed by atoms with van der Waals surface area (Å²) in [6.07, 6.45) is 5.88. The van der Waals surface area contributed by atoms with Crippen LogP contribution in [0.3, 0.4) is 0 Å². The molecule has 1 N–H and O–H groups in total. The van der Waals surface area contributed by atoms with Gasteiger partial charge >= 0.3 is 0 Å². The predicted octanol–water partition coefficient (Wildman–Crippen LogP) is 2.77. The van der Waals surface area contributed by atoms with E-state index in [4.69, 9.17) is 4.74 Å². The molecular weight excluding hydrogens is 222 g/mol. The maximum atomic E-state index is 9.66. The van der Waals surface area contributed by atoms with Crippen molar-refractivity contribution in [2.75, 3.05) is 6.61 Å². The van der Waals surface area contributed by atoms with Gasteiger partial charge in [0, 0.05) is 11.6 Å². The summed E-state index contributed by atoms with van der Waals surface area (Å²) in [5.74, 6) is 0.625. The van der Waals surface area contributed by atoms with Crippen LogP contribution < -0.4 is 0 Å². The number of aromatic nitrogens is 1. The number of thiazole rings is 1. The molecule has 90 valence electrons. The van der Waals surface area contributed by atoms with Crippen LogP contribution >= 0.6 is 11.3 Å². The fraction of sp³-hybridized carbons (Fsp3) is 0.750. The number of ether oxygens (including phenoxy) is 1. The molecule has 1 aromatic rings. The van der Waals surface area contributed by atoms with Crippen LogP contribution in [-0.4, -0.2) is 22.8 Å². The zero-order valence-electron chi connectivity index (χ0n) is 9.63. The first-order chi connectivity index (χ1) is 7.81. The summed E-state index contributed by atoms with van der Waals surface area (Å²) in [4.78, 5) is 4.31. The van der Waals surface area contributed by atoms with E-state index in [1.54, 1.807) is 11.3 Å². The minimum absolute atomic E-state index is 0.117. The zero-order valence-corrected chi connectivity index (χ0v) is 10.4. The van der Waals surface area contributed by atoms with Crippen molar-refractivity contribution in [3.63, 3.8) is 0 Å². The number of aliphatic hydroxyl groups is 1. The van der Waals surface area contributed by atoms with Crippen molar-refractivity contribution in [2.24, 2.45) is 5.92 Å². The first-order valence-electron chi connectivity index (χ1n) is 6.00. The molecule has 0 spiro atoms. The third-order valence-electron chi connectivity index (χ3n) is 2.84. The van der Waals surface area contributed by atoms with E-state index in [-0.39, 0.29) is 12.2 Å². The molecule has 2 rings (SSSR count). The Morgan fingerprint density at radius 2 is 2.44 bits per heavy atom. The van der Waals surface area contributed by atoms with E-state index in [9.17, 15) is 5.11 Å². The van der Waals surface area contributed by atoms with Crippen LogP contribution in [0.4, 0.5) is 0 Å². The molecule has 0 aromatic carbocycles. The lowest BCUT2D eigenvalue weighted by Gasteiger charge is -2.17. The smallest absolute Gasteiger partial charge is 0.122 e. The van der Waals surface area contributed by atoms with Crippen LogP contribution in [0.2, 0.25) is 0 Å². The fourth-order valence-corrected chi connectivity index (χ4v) is 2.59. The van der Waals surface area contributed by atoms with Crippen LogP contribution in [0.5, 0.6) is 0 Å². The van der Waals surface area contributed by atoms with Gasteiger partial charge in [0.25, 0.3) is 0 Å². The molecule has 4 heteroatoms. The molecular formula is C12H19NO2S. The average molecular weight is 241 g/mol. The number of rotatable bonds is 7. The average Bonchev–Trinajstić information content (AvgIpc) is 2.94. The minimum Gasteiger partial charge on any atom is -0.391 e. The summed E-state index contributed by atoms with van der Waals surface area (Å²) >= 11 is 1.65. The molecule has 0 aliphatic heterocycles. The number of aliphatic hydroxyl groups excluding tert-OH is 1. The van der Waals surface area contributed by atoms with Crippen molar-refractivity contribution in [1.82, 2.24) is 4.98 Å². The molecule has 1 saturated carbocycles. The van der Waals surface area contributed by atoms with E-state index >= 15 is 0 Å². The minimum atomic E-state index is -0.328. The van der Waals surface area contributed by atoms with E-state index in [2.05, 4.69) is 11.9 Å². The highest BCUT2D eigenvalue weighted by molar-refractivity contribution is 7.09. The van der Waals surface area contributed by atoms with Crippen molar-refractivity contribution in [3.05, 3.63) is 16.6 Å². The van der Waals surface area contributed by atoms with E-state index < -0.39 is 0 Å². The highest BCUT2D eigenvalue weighted by Crippen LogP contribution is 2.43. The Labute approximate surface area is 100 Å². The molecule has 0 radical (unpaired) electrons. The topological polar surface area (TPSA) is 42.4 Å². The van der Waals surface area contributed by atoms with Gasteiger partial charge in [0.05, 0.1) is 12.7 Å². The largest absolute Gasteiger partial charge is 0.391 e. The van der Waals surface area contributed by atoms with Crippen LogP contribution in [0, 0.1) is 5.92 Å². The summed E-state index contributed by atoms with van der Waals surface area (Å²) in [6, 6.07) is 0. The Balaban J connectivity index is 1.84. The van der Waals surface area contributed by atoms with Crippen molar-refractivity contribution in [3.8, 4) is 0 Å². The zero-order chi connectivity index (χ0) is 11.4. The van der Waals surface area contributed by atoms with Gasteiger partial charge in [-0.05, 0) is 25.2 Å². The normalized spacial score (nSPS) is 19.6. The van der Waals surface area contributed by atoms with Crippen LogP contribution in [-0.2, 0) is 4.74 Å². The van der Waals surface area contributed by atoms with Crippen molar-refractivity contribution in [2.45, 2.75) is 44.8 Å². The lowest BCUT2D eigenvalue weighted by Crippen LogP contribution is -2.18. The Hall–Kier alpha value is -0.450. The first-order valence-corrected chi connectivity index (χ1v) is 6.88. The van der Waals surface area contributed by atoms with Crippen LogP contribution in [0.1, 0.15) is 43.7 Å². The second-order valence-corrected chi connectivity index (χ2v) is 5.33. The maximum absolute atomic E-state index is 9.66. The van der Waals surface area contributed by atoms with Gasteiger partial charge in [-0.15, -0.1) is 11.3 Å². The SMILES string of the molecule is CCC[C@@H](O)COC(c1nccs1)C1CC1. The molecule has 0 saturated heterocycles. The fourth-order valence-electron chi connectivity index (χ4n) is 1.81. The molecule has 1 unspecified atom stereocenters. The van der Waals surface area contributed by atoms with E-state index in [0.717, 1.165) is 17.8 Å². The van der Waals surface area contributed by atoms with Gasteiger partial charge in [-0.2, -0.15) is 0 Å². The number of hydrogen-bond acceptors (Lipinski definition) is 4. The highest BCUT2D eigenvalue weighted by Gasteiger charge is 2.35. The van der Waals surface area contributed by atoms with Gasteiger partial charge in [-0.1, -0.05) is 13.3 Å². The van der Waals surface area contributed by atoms with Crippen molar-refractivity contribution < 1.29 is 9.84 Å². The molecule has 1 fully saturated rings. The maximum Gasteiger partial charge on any atom is 0.122 e. The van der Waals surface area contributed by atoms with Crippen LogP contribution in [0.25, 0.3) is 0 Å². The standard InChI is InChI=1S/C12H19NO2S/c1-2-3-10(14)8-15-11(9-4-5-9)12-13-6-7-16-12/h6-7,9-11,14H,2-5,8H2,1H3/t10-,11?/m1/s1. The lowest BCUT2D eigenvalue weighted by molar-refractivity contribution is -0.0227. The Bertz CT molecular complexity index is 298. The monoisotopic (exact) mass is 241 g/mol. The molecule has 0 amide bonds. The lowest BCUT2D eigenvalue weighted by atomic mass is 10.2. The first kappa shape index (κ1) is 12.0. The van der Waals surface area contributed by atoms with Gasteiger partial charge in [-0.25, -0.2) is 4.98 Å². The second kappa shape index (κ2) is 5.75. The molecule has 1 aromatic heterocycles. The number of hydrogen-bond donors (Lipinski definition) is 1. The summed E-state index contributed by atoms with van der Waals surface area (Å²) in [5, 5.41) is 12.7. The summed E-state index contributed by atoms with van der Waals surface area (Å²) in [5.41, 5.74) is 0. The van der Waals surface area contributed by atoms with Crippen LogP contribution in [0.15, 0.2) is 11.6 Å². The third-order valence-corrected chi connectivity index (χ3v) is 3.67. The van der Waals surface area contributed by atoms with Gasteiger partial charge in [0.15, 0.2) is 0 Å². The predicted molar refractivity (Wildman–Crippen MR) is 64.4 cm³/mol. The molecule has 0 bridgehead atoms. The van der Waals surface area contributed by atoms with E-state index in [1.165, 1.54) is 12.8 Å². The molecule has 1 aliphatic carbocycles. The molecule has 1 aliphatic rings. The highest BCUT2D eigenvalue weighted by atomic mass is 32.1. The summed E-state index contributed by atoms with van der Waals surface area (Å²) in [6.45, 7) is 2.51. The molecule has 2 atom stereocenters. The van der Waals surface area contributed by atoms with E-state index in [0.29, 0.717) is 12.5 Å². The summed E-state index contributed by atoms with van der Waals surface area (Å²) in [7, 11) is 0. The molecule has 16 heavy (non-hydrogen) atoms. The Morgan fingerprint density at radius 1 is 1.62 bits per heavy atom. The molecule has 1 heterocycles. The summed E-state index contributed by atoms with van der Waals surface area (Å²) < 4.78 is 5.82. The van der Waals surface area contributed by atoms with Gasteiger partial charge in [0.2, 0.25) is 0 Å². The van der Waals surface area contributed by atoms with Gasteiger partial charge < -0.3 is 9.84 Å². The van der Waals surface area contributed by atoms with Gasteiger partial charge in [-0.3, -0.25) is 0 Å². The Morgan fingerprint density at radius 3 is 3.00 bits per heavy atom. The number of nitrogens with zero attached hydrogens (tertiary/aromatic N) is 1. The van der Waals surface area contributed by atoms with Crippen molar-refractivity contribution >= 4 is 11.3 Å². The Kier molecular flexibility index (Phi) is 4.32. The van der Waals surface area contributed by atoms with Crippen molar-refractivity contribution in [1.29, 1.82) is 0 Å². The quantitative estimate of drug-likeness (QED) is 0.798. The third kappa shape index (κ3) is 3.27.